The predicted molar refractivity (Wildman–Crippen MR) is 145 cm³/mol. The van der Waals surface area contributed by atoms with E-state index < -0.39 is 5.69 Å². The van der Waals surface area contributed by atoms with Crippen LogP contribution in [0.2, 0.25) is 10.0 Å². The molecule has 3 aromatic heterocycles. The Morgan fingerprint density at radius 3 is 2.49 bits per heavy atom. The lowest BCUT2D eigenvalue weighted by molar-refractivity contribution is 0.373. The number of nitrogens with one attached hydrogen (secondary N) is 3. The summed E-state index contributed by atoms with van der Waals surface area (Å²) in [6, 6.07) is 12.7. The molecular weight excluding hydrogens is 513 g/mol. The maximum absolute atomic E-state index is 12.9. The van der Waals surface area contributed by atoms with Gasteiger partial charge in [0.25, 0.3) is 0 Å². The number of nitrogens with zero attached hydrogens (tertiary/aromatic N) is 6. The zero-order valence-corrected chi connectivity index (χ0v) is 21.5. The fourth-order valence-electron chi connectivity index (χ4n) is 3.82. The number of para-hydroxylation sites is 1. The van der Waals surface area contributed by atoms with E-state index in [1.807, 2.05) is 55.4 Å². The van der Waals surface area contributed by atoms with Crippen molar-refractivity contribution in [2.45, 2.75) is 6.54 Å². The van der Waals surface area contributed by atoms with Crippen LogP contribution in [-0.4, -0.2) is 54.8 Å². The van der Waals surface area contributed by atoms with Crippen LogP contribution in [0.3, 0.4) is 0 Å². The Kier molecular flexibility index (Phi) is 6.79. The van der Waals surface area contributed by atoms with Crippen molar-refractivity contribution >= 4 is 45.9 Å². The lowest BCUT2D eigenvalue weighted by atomic mass is 10.1. The Hall–Kier alpha value is -3.99. The van der Waals surface area contributed by atoms with Gasteiger partial charge >= 0.3 is 5.69 Å². The largest absolute Gasteiger partial charge is 0.333 e. The fourth-order valence-corrected chi connectivity index (χ4v) is 4.38. The van der Waals surface area contributed by atoms with Crippen LogP contribution >= 0.6 is 23.2 Å². The first-order valence-electron chi connectivity index (χ1n) is 11.4. The van der Waals surface area contributed by atoms with Crippen LogP contribution < -0.4 is 16.5 Å². The molecule has 188 valence electrons. The Morgan fingerprint density at radius 2 is 1.78 bits per heavy atom. The monoisotopic (exact) mass is 535 g/mol. The molecule has 0 spiro atoms. The summed E-state index contributed by atoms with van der Waals surface area (Å²) in [4.78, 5) is 26.4. The molecule has 0 aliphatic rings. The van der Waals surface area contributed by atoms with Crippen molar-refractivity contribution in [2.75, 3.05) is 26.0 Å². The molecule has 5 rings (SSSR count). The summed E-state index contributed by atoms with van der Waals surface area (Å²) >= 11 is 12.5. The minimum absolute atomic E-state index is 0.129. The molecule has 37 heavy (non-hydrogen) atoms. The summed E-state index contributed by atoms with van der Waals surface area (Å²) in [5.74, 6) is 0.278. The zero-order valence-electron chi connectivity index (χ0n) is 20.0. The number of halogens is 2. The molecule has 0 saturated carbocycles. The Labute approximate surface area is 221 Å². The minimum Gasteiger partial charge on any atom is -0.324 e. The SMILES string of the molecule is CN(C)CCn1cc(-c2ccc(Nc3ncc4c(=N)n(-c5c(Cl)cccc5Cl)c(=O)[nH]c4n3)cc2)cn1. The summed E-state index contributed by atoms with van der Waals surface area (Å²) in [5, 5.41) is 17.0. The van der Waals surface area contributed by atoms with Gasteiger partial charge in [-0.3, -0.25) is 15.1 Å². The van der Waals surface area contributed by atoms with Crippen LogP contribution in [0.5, 0.6) is 0 Å². The minimum atomic E-state index is -0.590. The Bertz CT molecular complexity index is 1680. The first kappa shape index (κ1) is 24.7. The van der Waals surface area contributed by atoms with Gasteiger partial charge in [-0.05, 0) is 43.9 Å². The van der Waals surface area contributed by atoms with Gasteiger partial charge in [0, 0.05) is 30.2 Å². The Balaban J connectivity index is 1.39. The summed E-state index contributed by atoms with van der Waals surface area (Å²) in [6.45, 7) is 1.73. The van der Waals surface area contributed by atoms with Gasteiger partial charge in [-0.15, -0.1) is 0 Å². The number of aromatic amines is 1. The van der Waals surface area contributed by atoms with E-state index in [0.717, 1.165) is 34.5 Å². The van der Waals surface area contributed by atoms with Crippen LogP contribution in [0.4, 0.5) is 11.6 Å². The van der Waals surface area contributed by atoms with Crippen molar-refractivity contribution in [3.63, 3.8) is 0 Å². The van der Waals surface area contributed by atoms with Gasteiger partial charge in [0.15, 0.2) is 5.65 Å². The standard InChI is InChI=1S/C25H23Cl2N9O/c1-34(2)10-11-35-14-16(12-30-35)15-6-8-17(9-7-15)31-24-29-13-18-22(28)36(25(37)33-23(18)32-24)21-19(26)4-3-5-20(21)27/h3-9,12-14,28H,10-11H2,1-2H3,(H2,29,31,32,33,37). The third-order valence-corrected chi connectivity index (χ3v) is 6.35. The smallest absolute Gasteiger partial charge is 0.324 e. The van der Waals surface area contributed by atoms with E-state index in [1.165, 1.54) is 6.20 Å². The van der Waals surface area contributed by atoms with Crippen molar-refractivity contribution < 1.29 is 0 Å². The molecule has 3 heterocycles. The van der Waals surface area contributed by atoms with Gasteiger partial charge in [-0.25, -0.2) is 14.3 Å². The highest BCUT2D eigenvalue weighted by Crippen LogP contribution is 2.27. The van der Waals surface area contributed by atoms with E-state index in [9.17, 15) is 4.79 Å². The molecular formula is C25H23Cl2N9O. The van der Waals surface area contributed by atoms with Crippen molar-refractivity contribution in [3.8, 4) is 16.8 Å². The van der Waals surface area contributed by atoms with Gasteiger partial charge in [0.1, 0.15) is 5.49 Å². The van der Waals surface area contributed by atoms with E-state index in [0.29, 0.717) is 5.39 Å². The zero-order chi connectivity index (χ0) is 26.1. The van der Waals surface area contributed by atoms with Gasteiger partial charge in [0.2, 0.25) is 5.95 Å². The van der Waals surface area contributed by atoms with Crippen molar-refractivity contribution in [1.29, 1.82) is 5.41 Å². The summed E-state index contributed by atoms with van der Waals surface area (Å²) < 4.78 is 3.03. The fraction of sp³-hybridized carbons (Fsp3) is 0.160. The van der Waals surface area contributed by atoms with Gasteiger partial charge in [-0.2, -0.15) is 10.1 Å². The normalized spacial score (nSPS) is 11.4. The molecule has 0 fully saturated rings. The maximum Gasteiger partial charge on any atom is 0.333 e. The molecule has 0 unspecified atom stereocenters. The second-order valence-electron chi connectivity index (χ2n) is 8.64. The van der Waals surface area contributed by atoms with Crippen LogP contribution in [0.25, 0.3) is 27.8 Å². The number of H-pyrrole nitrogens is 1. The molecule has 0 radical (unpaired) electrons. The molecule has 0 atom stereocenters. The average Bonchev–Trinajstić information content (AvgIpc) is 3.34. The number of hydrogen-bond donors (Lipinski definition) is 3. The average molecular weight is 536 g/mol. The maximum atomic E-state index is 12.9. The van der Waals surface area contributed by atoms with Crippen molar-refractivity contribution in [2.24, 2.45) is 0 Å². The van der Waals surface area contributed by atoms with Gasteiger partial charge < -0.3 is 10.2 Å². The predicted octanol–water partition coefficient (Wildman–Crippen LogP) is 4.06. The first-order chi connectivity index (χ1) is 17.8. The molecule has 0 aliphatic carbocycles. The number of hydrogen-bond acceptors (Lipinski definition) is 7. The molecule has 12 heteroatoms. The summed E-state index contributed by atoms with van der Waals surface area (Å²) in [5.41, 5.74) is 2.55. The summed E-state index contributed by atoms with van der Waals surface area (Å²) in [7, 11) is 4.07. The number of anilines is 2. The third kappa shape index (κ3) is 5.12. The topological polar surface area (TPSA) is 121 Å². The van der Waals surface area contributed by atoms with Gasteiger partial charge in [0.05, 0.1) is 33.9 Å². The molecule has 5 aromatic rings. The van der Waals surface area contributed by atoms with Crippen LogP contribution in [-0.2, 0) is 6.54 Å². The number of fused-ring (bicyclic) bond motifs is 1. The van der Waals surface area contributed by atoms with E-state index in [4.69, 9.17) is 28.6 Å². The second-order valence-corrected chi connectivity index (χ2v) is 9.45. The molecule has 0 saturated heterocycles. The van der Waals surface area contributed by atoms with Crippen molar-refractivity contribution in [3.05, 3.63) is 87.1 Å². The number of likely N-dealkylation sites (N-methyl/N-ethyl adjacent to an activating group) is 1. The van der Waals surface area contributed by atoms with E-state index in [1.54, 1.807) is 18.2 Å². The van der Waals surface area contributed by atoms with E-state index in [-0.39, 0.29) is 32.8 Å². The molecule has 0 bridgehead atoms. The first-order valence-corrected chi connectivity index (χ1v) is 12.1. The van der Waals surface area contributed by atoms with Crippen molar-refractivity contribution in [1.82, 2.24) is 34.2 Å². The lowest BCUT2D eigenvalue weighted by Crippen LogP contribution is -2.34. The van der Waals surface area contributed by atoms with Crippen LogP contribution in [0.1, 0.15) is 0 Å². The highest BCUT2D eigenvalue weighted by Gasteiger charge is 2.15. The lowest BCUT2D eigenvalue weighted by Gasteiger charge is -2.12. The number of rotatable bonds is 7. The van der Waals surface area contributed by atoms with E-state index in [2.05, 4.69) is 30.3 Å². The highest BCUT2D eigenvalue weighted by atomic mass is 35.5. The van der Waals surface area contributed by atoms with Gasteiger partial charge in [-0.1, -0.05) is 41.4 Å². The number of aromatic nitrogens is 6. The number of benzene rings is 2. The quantitative estimate of drug-likeness (QED) is 0.289. The summed E-state index contributed by atoms with van der Waals surface area (Å²) in [6.07, 6.45) is 5.34. The molecule has 2 aromatic carbocycles. The second kappa shape index (κ2) is 10.2. The van der Waals surface area contributed by atoms with Crippen LogP contribution in [0.15, 0.2) is 65.8 Å². The molecule has 3 N–H and O–H groups in total. The highest BCUT2D eigenvalue weighted by molar-refractivity contribution is 6.37. The van der Waals surface area contributed by atoms with E-state index >= 15 is 0 Å². The van der Waals surface area contributed by atoms with Crippen LogP contribution in [0, 0.1) is 5.41 Å². The molecule has 10 nitrogen and oxygen atoms in total. The molecule has 0 aliphatic heterocycles. The third-order valence-electron chi connectivity index (χ3n) is 5.74. The Morgan fingerprint density at radius 1 is 1.05 bits per heavy atom. The molecule has 0 amide bonds.